The fourth-order valence-corrected chi connectivity index (χ4v) is 4.66. The summed E-state index contributed by atoms with van der Waals surface area (Å²) in [7, 11) is 0. The number of aldehydes is 1. The molecule has 0 amide bonds. The maximum atomic E-state index is 10.8. The van der Waals surface area contributed by atoms with Gasteiger partial charge in [-0.3, -0.25) is 4.79 Å². The highest BCUT2D eigenvalue weighted by molar-refractivity contribution is 7.24. The summed E-state index contributed by atoms with van der Waals surface area (Å²) in [6.45, 7) is 0. The molecule has 0 aliphatic rings. The molecule has 1 aromatic carbocycles. The third-order valence-electron chi connectivity index (χ3n) is 3.14. The molecule has 0 radical (unpaired) electrons. The number of hydrogen-bond donors (Lipinski definition) is 0. The largest absolute Gasteiger partial charge is 0.297 e. The molecule has 6 heteroatoms. The predicted octanol–water partition coefficient (Wildman–Crippen LogP) is 4.96. The number of nitrogens with zero attached hydrogens (tertiary/aromatic N) is 2. The van der Waals surface area contributed by atoms with Crippen LogP contribution in [-0.2, 0) is 0 Å². The molecule has 0 aliphatic heterocycles. The number of hydrogen-bond acceptors (Lipinski definition) is 6. The monoisotopic (exact) mass is 328 g/mol. The standard InChI is InChI=1S/C15H8N2OS3/c18-8-9-4-5-13(19-9)14-7-6-12(20-14)10-2-1-3-11-15(10)17-21-16-11/h1-8H. The van der Waals surface area contributed by atoms with Crippen molar-refractivity contribution in [1.29, 1.82) is 0 Å². The van der Waals surface area contributed by atoms with E-state index in [0.717, 1.165) is 32.6 Å². The molecule has 4 rings (SSSR count). The average molecular weight is 328 g/mol. The number of aromatic nitrogens is 2. The van der Waals surface area contributed by atoms with E-state index in [1.807, 2.05) is 24.3 Å². The van der Waals surface area contributed by atoms with Gasteiger partial charge in [0.2, 0.25) is 0 Å². The van der Waals surface area contributed by atoms with Crippen LogP contribution < -0.4 is 0 Å². The van der Waals surface area contributed by atoms with Crippen LogP contribution in [0.1, 0.15) is 9.67 Å². The predicted molar refractivity (Wildman–Crippen MR) is 89.4 cm³/mol. The number of thiophene rings is 2. The molecule has 4 aromatic rings. The molecule has 0 bridgehead atoms. The fourth-order valence-electron chi connectivity index (χ4n) is 2.17. The first kappa shape index (κ1) is 12.8. The molecule has 0 saturated heterocycles. The van der Waals surface area contributed by atoms with Gasteiger partial charge in [0.05, 0.1) is 16.6 Å². The van der Waals surface area contributed by atoms with Gasteiger partial charge in [0.25, 0.3) is 0 Å². The van der Waals surface area contributed by atoms with Crippen molar-refractivity contribution in [2.75, 3.05) is 0 Å². The maximum absolute atomic E-state index is 10.8. The van der Waals surface area contributed by atoms with E-state index in [9.17, 15) is 4.79 Å². The Bertz CT molecular complexity index is 935. The van der Waals surface area contributed by atoms with Crippen LogP contribution in [0.15, 0.2) is 42.5 Å². The highest BCUT2D eigenvalue weighted by Crippen LogP contribution is 2.39. The number of fused-ring (bicyclic) bond motifs is 1. The van der Waals surface area contributed by atoms with E-state index in [0.29, 0.717) is 0 Å². The lowest BCUT2D eigenvalue weighted by Crippen LogP contribution is -1.75. The summed E-state index contributed by atoms with van der Waals surface area (Å²) in [4.78, 5) is 15.0. The van der Waals surface area contributed by atoms with Crippen molar-refractivity contribution in [2.24, 2.45) is 0 Å². The minimum absolute atomic E-state index is 0.755. The third kappa shape index (κ3) is 2.21. The molecular weight excluding hydrogens is 320 g/mol. The van der Waals surface area contributed by atoms with Crippen LogP contribution in [0.2, 0.25) is 0 Å². The first-order chi connectivity index (χ1) is 10.3. The van der Waals surface area contributed by atoms with Crippen molar-refractivity contribution >= 4 is 51.7 Å². The van der Waals surface area contributed by atoms with E-state index < -0.39 is 0 Å². The van der Waals surface area contributed by atoms with Crippen molar-refractivity contribution in [3.8, 4) is 20.2 Å². The number of rotatable bonds is 3. The second kappa shape index (κ2) is 5.14. The van der Waals surface area contributed by atoms with Crippen molar-refractivity contribution in [1.82, 2.24) is 8.75 Å². The Labute approximate surface area is 132 Å². The Kier molecular flexibility index (Phi) is 3.14. The van der Waals surface area contributed by atoms with Gasteiger partial charge >= 0.3 is 0 Å². The van der Waals surface area contributed by atoms with E-state index in [-0.39, 0.29) is 0 Å². The zero-order chi connectivity index (χ0) is 14.2. The molecule has 0 fully saturated rings. The number of carbonyl (C=O) groups is 1. The summed E-state index contributed by atoms with van der Waals surface area (Å²) in [5.41, 5.74) is 3.01. The zero-order valence-corrected chi connectivity index (χ0v) is 13.1. The minimum atomic E-state index is 0.755. The van der Waals surface area contributed by atoms with Crippen LogP contribution in [0.3, 0.4) is 0 Å². The van der Waals surface area contributed by atoms with Gasteiger partial charge in [-0.2, -0.15) is 8.75 Å². The third-order valence-corrected chi connectivity index (χ3v) is 6.01. The van der Waals surface area contributed by atoms with Gasteiger partial charge in [-0.1, -0.05) is 12.1 Å². The maximum Gasteiger partial charge on any atom is 0.160 e. The molecule has 21 heavy (non-hydrogen) atoms. The summed E-state index contributed by atoms with van der Waals surface area (Å²) in [6, 6.07) is 14.1. The van der Waals surface area contributed by atoms with Crippen molar-refractivity contribution in [2.45, 2.75) is 0 Å². The molecule has 0 atom stereocenters. The first-order valence-corrected chi connectivity index (χ1v) is 8.58. The second-order valence-electron chi connectivity index (χ2n) is 4.42. The molecule has 0 aliphatic carbocycles. The quantitative estimate of drug-likeness (QED) is 0.499. The molecule has 0 saturated carbocycles. The summed E-state index contributed by atoms with van der Waals surface area (Å²) in [5, 5.41) is 0. The van der Waals surface area contributed by atoms with Crippen LogP contribution >= 0.6 is 34.4 Å². The number of carbonyl (C=O) groups excluding carboxylic acids is 1. The van der Waals surface area contributed by atoms with E-state index in [2.05, 4.69) is 26.9 Å². The van der Waals surface area contributed by atoms with Crippen LogP contribution in [0.25, 0.3) is 31.2 Å². The van der Waals surface area contributed by atoms with Gasteiger partial charge in [-0.15, -0.1) is 22.7 Å². The van der Waals surface area contributed by atoms with Crippen LogP contribution in [0, 0.1) is 0 Å². The Morgan fingerprint density at radius 3 is 2.52 bits per heavy atom. The van der Waals surface area contributed by atoms with Gasteiger partial charge in [0.15, 0.2) is 6.29 Å². The lowest BCUT2D eigenvalue weighted by molar-refractivity contribution is 0.112. The summed E-state index contributed by atoms with van der Waals surface area (Å²) in [6.07, 6.45) is 0.893. The molecule has 102 valence electrons. The Morgan fingerprint density at radius 1 is 0.857 bits per heavy atom. The smallest absolute Gasteiger partial charge is 0.160 e. The normalized spacial score (nSPS) is 11.0. The first-order valence-electron chi connectivity index (χ1n) is 6.22. The lowest BCUT2D eigenvalue weighted by atomic mass is 10.1. The van der Waals surface area contributed by atoms with Gasteiger partial charge in [-0.05, 0) is 30.3 Å². The van der Waals surface area contributed by atoms with Gasteiger partial charge in [0.1, 0.15) is 11.0 Å². The number of benzene rings is 1. The second-order valence-corrected chi connectivity index (χ2v) is 7.15. The lowest BCUT2D eigenvalue weighted by Gasteiger charge is -1.97. The molecular formula is C15H8N2OS3. The van der Waals surface area contributed by atoms with Crippen LogP contribution in [0.4, 0.5) is 0 Å². The van der Waals surface area contributed by atoms with Crippen LogP contribution in [0.5, 0.6) is 0 Å². The minimum Gasteiger partial charge on any atom is -0.297 e. The molecule has 3 aromatic heterocycles. The SMILES string of the molecule is O=Cc1ccc(-c2ccc(-c3cccc4nsnc34)s2)s1. The summed E-state index contributed by atoms with van der Waals surface area (Å²) < 4.78 is 8.67. The summed E-state index contributed by atoms with van der Waals surface area (Å²) in [5.74, 6) is 0. The highest BCUT2D eigenvalue weighted by atomic mass is 32.1. The zero-order valence-electron chi connectivity index (χ0n) is 10.6. The van der Waals surface area contributed by atoms with Crippen LogP contribution in [-0.4, -0.2) is 15.0 Å². The summed E-state index contributed by atoms with van der Waals surface area (Å²) >= 11 is 4.47. The van der Waals surface area contributed by atoms with E-state index in [1.165, 1.54) is 32.8 Å². The molecule has 0 unspecified atom stereocenters. The van der Waals surface area contributed by atoms with E-state index >= 15 is 0 Å². The molecule has 3 nitrogen and oxygen atoms in total. The topological polar surface area (TPSA) is 42.9 Å². The Balaban J connectivity index is 1.80. The van der Waals surface area contributed by atoms with E-state index in [1.54, 1.807) is 11.3 Å². The fraction of sp³-hybridized carbons (Fsp3) is 0. The molecule has 0 spiro atoms. The van der Waals surface area contributed by atoms with Crippen molar-refractivity contribution in [3.63, 3.8) is 0 Å². The van der Waals surface area contributed by atoms with Crippen molar-refractivity contribution in [3.05, 3.63) is 47.3 Å². The van der Waals surface area contributed by atoms with Gasteiger partial charge < -0.3 is 0 Å². The van der Waals surface area contributed by atoms with Gasteiger partial charge in [-0.25, -0.2) is 0 Å². The average Bonchev–Trinajstić information content (AvgIpc) is 3.25. The Hall–Kier alpha value is -1.89. The highest BCUT2D eigenvalue weighted by Gasteiger charge is 2.11. The van der Waals surface area contributed by atoms with E-state index in [4.69, 9.17) is 0 Å². The van der Waals surface area contributed by atoms with Gasteiger partial charge in [0, 0.05) is 20.2 Å². The van der Waals surface area contributed by atoms with Crippen molar-refractivity contribution < 1.29 is 4.79 Å². The molecule has 3 heterocycles. The Morgan fingerprint density at radius 2 is 1.67 bits per heavy atom. The molecule has 0 N–H and O–H groups in total.